The number of nitrogens with zero attached hydrogens (tertiary/aromatic N) is 2. The van der Waals surface area contributed by atoms with Crippen LogP contribution in [0.3, 0.4) is 0 Å². The van der Waals surface area contributed by atoms with Crippen LogP contribution in [-0.4, -0.2) is 15.5 Å². The van der Waals surface area contributed by atoms with E-state index in [0.717, 1.165) is 17.3 Å². The first kappa shape index (κ1) is 12.2. The Bertz CT molecular complexity index is 616. The van der Waals surface area contributed by atoms with Crippen molar-refractivity contribution in [3.8, 4) is 0 Å². The molecule has 0 aliphatic heterocycles. The fraction of sp³-hybridized carbons (Fsp3) is 0.231. The average Bonchev–Trinajstić information content (AvgIpc) is 3.15. The predicted molar refractivity (Wildman–Crippen MR) is 77.0 cm³/mol. The minimum atomic E-state index is -0.182. The number of halogens is 1. The number of amides is 1. The summed E-state index contributed by atoms with van der Waals surface area (Å²) in [6.07, 6.45) is 5.67. The number of carbonyl (C=O) groups excluding carboxylic acids is 1. The Morgan fingerprint density at radius 3 is 2.89 bits per heavy atom. The first-order valence-corrected chi connectivity index (χ1v) is 6.83. The second-order valence-electron chi connectivity index (χ2n) is 4.61. The third-order valence-electron chi connectivity index (χ3n) is 3.01. The predicted octanol–water partition coefficient (Wildman–Crippen LogP) is 2.82. The molecule has 3 rings (SSSR count). The molecule has 2 aromatic heterocycles. The van der Waals surface area contributed by atoms with Gasteiger partial charge < -0.3 is 15.6 Å². The van der Waals surface area contributed by atoms with E-state index in [1.165, 1.54) is 0 Å². The van der Waals surface area contributed by atoms with E-state index < -0.39 is 0 Å². The number of aromatic nitrogens is 2. The highest BCUT2D eigenvalue weighted by Crippen LogP contribution is 2.37. The number of rotatable bonds is 3. The van der Waals surface area contributed by atoms with E-state index in [2.05, 4.69) is 26.2 Å². The minimum Gasteiger partial charge on any atom is -0.397 e. The fourth-order valence-electron chi connectivity index (χ4n) is 1.97. The van der Waals surface area contributed by atoms with Crippen LogP contribution in [0, 0.1) is 0 Å². The summed E-state index contributed by atoms with van der Waals surface area (Å²) in [5.41, 5.74) is 6.97. The van der Waals surface area contributed by atoms with Crippen molar-refractivity contribution < 1.29 is 4.79 Å². The van der Waals surface area contributed by atoms with Gasteiger partial charge in [0.1, 0.15) is 11.5 Å². The largest absolute Gasteiger partial charge is 0.397 e. The molecular weight excluding hydrogens is 308 g/mol. The summed E-state index contributed by atoms with van der Waals surface area (Å²) in [7, 11) is 0. The van der Waals surface area contributed by atoms with Gasteiger partial charge in [-0.3, -0.25) is 4.79 Å². The zero-order valence-corrected chi connectivity index (χ0v) is 11.7. The summed E-state index contributed by atoms with van der Waals surface area (Å²) in [5.74, 6) is 0.341. The van der Waals surface area contributed by atoms with Crippen molar-refractivity contribution in [1.82, 2.24) is 9.55 Å². The van der Waals surface area contributed by atoms with Gasteiger partial charge in [0, 0.05) is 22.9 Å². The van der Waals surface area contributed by atoms with Crippen molar-refractivity contribution >= 4 is 33.3 Å². The molecule has 1 aliphatic rings. The zero-order valence-electron chi connectivity index (χ0n) is 10.1. The number of pyridine rings is 1. The molecule has 3 N–H and O–H groups in total. The molecule has 0 atom stereocenters. The van der Waals surface area contributed by atoms with Gasteiger partial charge in [-0.2, -0.15) is 0 Å². The van der Waals surface area contributed by atoms with E-state index >= 15 is 0 Å². The van der Waals surface area contributed by atoms with Crippen molar-refractivity contribution in [2.75, 3.05) is 11.1 Å². The molecule has 19 heavy (non-hydrogen) atoms. The number of nitrogens with two attached hydrogens (primary N) is 1. The molecule has 0 spiro atoms. The lowest BCUT2D eigenvalue weighted by Crippen LogP contribution is -2.16. The quantitative estimate of drug-likeness (QED) is 0.913. The molecule has 2 heterocycles. The topological polar surface area (TPSA) is 72.9 Å². The monoisotopic (exact) mass is 320 g/mol. The molecule has 1 amide bonds. The molecule has 1 aliphatic carbocycles. The molecule has 1 fully saturated rings. The second kappa shape index (κ2) is 4.70. The maximum atomic E-state index is 12.2. The number of hydrogen-bond acceptors (Lipinski definition) is 3. The maximum Gasteiger partial charge on any atom is 0.273 e. The summed E-state index contributed by atoms with van der Waals surface area (Å²) >= 11 is 3.30. The van der Waals surface area contributed by atoms with Gasteiger partial charge in [0.15, 0.2) is 0 Å². The molecule has 2 aromatic rings. The van der Waals surface area contributed by atoms with Crippen LogP contribution >= 0.6 is 15.9 Å². The van der Waals surface area contributed by atoms with Gasteiger partial charge in [-0.25, -0.2) is 4.98 Å². The van der Waals surface area contributed by atoms with Crippen molar-refractivity contribution in [3.63, 3.8) is 0 Å². The standard InChI is InChI=1S/C13H13BrN4O/c14-8-1-4-12(16-6-8)17-13(19)11-5-9(15)7-18(11)10-2-3-10/h1,4-7,10H,2-3,15H2,(H,16,17,19). The summed E-state index contributed by atoms with van der Waals surface area (Å²) in [6, 6.07) is 5.69. The van der Waals surface area contributed by atoms with E-state index in [1.807, 2.05) is 16.8 Å². The Labute approximate surface area is 119 Å². The van der Waals surface area contributed by atoms with E-state index in [-0.39, 0.29) is 5.91 Å². The third-order valence-corrected chi connectivity index (χ3v) is 3.48. The molecule has 5 nitrogen and oxygen atoms in total. The molecule has 0 bridgehead atoms. The zero-order chi connectivity index (χ0) is 13.4. The lowest BCUT2D eigenvalue weighted by atomic mass is 10.3. The number of nitrogens with one attached hydrogen (secondary N) is 1. The number of carbonyl (C=O) groups is 1. The summed E-state index contributed by atoms with van der Waals surface area (Å²) in [5, 5.41) is 2.77. The normalized spacial score (nSPS) is 14.4. The van der Waals surface area contributed by atoms with E-state index in [1.54, 1.807) is 18.3 Å². The minimum absolute atomic E-state index is 0.182. The van der Waals surface area contributed by atoms with Crippen molar-refractivity contribution in [3.05, 3.63) is 40.8 Å². The SMILES string of the molecule is Nc1cc(C(=O)Nc2ccc(Br)cn2)n(C2CC2)c1. The maximum absolute atomic E-state index is 12.2. The average molecular weight is 321 g/mol. The summed E-state index contributed by atoms with van der Waals surface area (Å²) in [6.45, 7) is 0. The van der Waals surface area contributed by atoms with Gasteiger partial charge in [-0.15, -0.1) is 0 Å². The van der Waals surface area contributed by atoms with Crippen LogP contribution in [0.15, 0.2) is 35.1 Å². The Balaban J connectivity index is 1.82. The van der Waals surface area contributed by atoms with Gasteiger partial charge in [-0.1, -0.05) is 0 Å². The fourth-order valence-corrected chi connectivity index (χ4v) is 2.20. The van der Waals surface area contributed by atoms with E-state index in [9.17, 15) is 4.79 Å². The first-order valence-electron chi connectivity index (χ1n) is 6.04. The lowest BCUT2D eigenvalue weighted by molar-refractivity contribution is 0.101. The van der Waals surface area contributed by atoms with Crippen molar-refractivity contribution in [2.24, 2.45) is 0 Å². The number of nitrogen functional groups attached to an aromatic ring is 1. The van der Waals surface area contributed by atoms with Crippen LogP contribution in [0.1, 0.15) is 29.4 Å². The Morgan fingerprint density at radius 2 is 2.26 bits per heavy atom. The molecule has 98 valence electrons. The molecular formula is C13H13BrN4O. The number of hydrogen-bond donors (Lipinski definition) is 2. The number of anilines is 2. The second-order valence-corrected chi connectivity index (χ2v) is 5.53. The van der Waals surface area contributed by atoms with E-state index in [0.29, 0.717) is 23.2 Å². The van der Waals surface area contributed by atoms with Crippen LogP contribution in [0.2, 0.25) is 0 Å². The van der Waals surface area contributed by atoms with Gasteiger partial charge in [-0.05, 0) is 47.0 Å². The lowest BCUT2D eigenvalue weighted by Gasteiger charge is -2.07. The summed E-state index contributed by atoms with van der Waals surface area (Å²) < 4.78 is 2.82. The molecule has 0 saturated heterocycles. The molecule has 0 aromatic carbocycles. The Kier molecular flexibility index (Phi) is 3.02. The smallest absolute Gasteiger partial charge is 0.273 e. The van der Waals surface area contributed by atoms with Crippen LogP contribution < -0.4 is 11.1 Å². The Hall–Kier alpha value is -1.82. The third kappa shape index (κ3) is 2.63. The van der Waals surface area contributed by atoms with Gasteiger partial charge in [0.2, 0.25) is 0 Å². The molecule has 0 unspecified atom stereocenters. The summed E-state index contributed by atoms with van der Waals surface area (Å²) in [4.78, 5) is 16.3. The highest BCUT2D eigenvalue weighted by molar-refractivity contribution is 9.10. The van der Waals surface area contributed by atoms with Crippen molar-refractivity contribution in [1.29, 1.82) is 0 Å². The highest BCUT2D eigenvalue weighted by Gasteiger charge is 2.27. The van der Waals surface area contributed by atoms with Crippen molar-refractivity contribution in [2.45, 2.75) is 18.9 Å². The van der Waals surface area contributed by atoms with Crippen LogP contribution in [0.25, 0.3) is 0 Å². The van der Waals surface area contributed by atoms with Crippen LogP contribution in [0.5, 0.6) is 0 Å². The molecule has 1 saturated carbocycles. The molecule has 6 heteroatoms. The Morgan fingerprint density at radius 1 is 1.47 bits per heavy atom. The molecule has 0 radical (unpaired) electrons. The van der Waals surface area contributed by atoms with Gasteiger partial charge in [0.25, 0.3) is 5.91 Å². The van der Waals surface area contributed by atoms with Gasteiger partial charge >= 0.3 is 0 Å². The first-order chi connectivity index (χ1) is 9.13. The van der Waals surface area contributed by atoms with Crippen LogP contribution in [-0.2, 0) is 0 Å². The van der Waals surface area contributed by atoms with Crippen LogP contribution in [0.4, 0.5) is 11.5 Å². The van der Waals surface area contributed by atoms with E-state index in [4.69, 9.17) is 5.73 Å². The van der Waals surface area contributed by atoms with Gasteiger partial charge in [0.05, 0.1) is 5.69 Å². The highest BCUT2D eigenvalue weighted by atomic mass is 79.9.